The number of H-pyrrole nitrogens is 1. The summed E-state index contributed by atoms with van der Waals surface area (Å²) in [6.07, 6.45) is 6.28. The van der Waals surface area contributed by atoms with Crippen molar-refractivity contribution in [3.8, 4) is 0 Å². The van der Waals surface area contributed by atoms with Crippen molar-refractivity contribution < 1.29 is 18.0 Å². The fraction of sp³-hybridized carbons (Fsp3) is 0.372. The molecule has 7 rings (SSSR count). The van der Waals surface area contributed by atoms with Crippen LogP contribution in [0.25, 0.3) is 21.7 Å². The van der Waals surface area contributed by atoms with E-state index < -0.39 is 28.1 Å². The Hall–Kier alpha value is -5.20. The van der Waals surface area contributed by atoms with Crippen LogP contribution >= 0.6 is 0 Å². The summed E-state index contributed by atoms with van der Waals surface area (Å²) in [6.45, 7) is 2.79. The summed E-state index contributed by atoms with van der Waals surface area (Å²) in [5, 5.41) is 2.52. The first-order chi connectivity index (χ1) is 26.5. The molecule has 288 valence electrons. The van der Waals surface area contributed by atoms with E-state index in [4.69, 9.17) is 10.7 Å². The number of amidine groups is 1. The number of nitrogens with two attached hydrogens (primary N) is 1. The Labute approximate surface area is 323 Å². The highest BCUT2D eigenvalue weighted by atomic mass is 32.2. The number of hydrogen-bond donors (Lipinski definition) is 3. The second kappa shape index (κ2) is 16.7. The molecule has 1 aromatic heterocycles. The second-order valence-corrected chi connectivity index (χ2v) is 16.9. The van der Waals surface area contributed by atoms with Crippen LogP contribution in [-0.2, 0) is 21.4 Å². The van der Waals surface area contributed by atoms with E-state index >= 15 is 0 Å². The van der Waals surface area contributed by atoms with Crippen LogP contribution in [0.15, 0.2) is 102 Å². The molecule has 4 aromatic carbocycles. The van der Waals surface area contributed by atoms with Gasteiger partial charge in [-0.15, -0.1) is 0 Å². The standard InChI is InChI=1S/C43H51N7O4S/c1-48(2)29-32-15-13-31(14-16-32)28-45-41(44)34-19-17-30(18-20-34)25-40(43(52)49-23-7-8-24-49)50(42(51)39-27-36-11-5-6-12-38(36)46-39)55(53,54)47-37-22-21-33-9-3-4-10-35(33)26-37/h3-6,9-12,17-22,26-27,31-32,40,46-47H,7-8,13-16,23-25,28-29H2,1-2H3,(H2,44,45). The third-order valence-corrected chi connectivity index (χ3v) is 12.4. The van der Waals surface area contributed by atoms with Gasteiger partial charge in [-0.3, -0.25) is 19.3 Å². The summed E-state index contributed by atoms with van der Waals surface area (Å²) in [7, 11) is -0.395. The van der Waals surface area contributed by atoms with E-state index in [9.17, 15) is 18.0 Å². The van der Waals surface area contributed by atoms with Crippen LogP contribution in [0.3, 0.4) is 0 Å². The molecule has 2 fully saturated rings. The van der Waals surface area contributed by atoms with Gasteiger partial charge in [0.1, 0.15) is 17.6 Å². The lowest BCUT2D eigenvalue weighted by atomic mass is 9.82. The molecule has 1 aliphatic carbocycles. The number of hydrogen-bond acceptors (Lipinski definition) is 6. The molecule has 0 spiro atoms. The van der Waals surface area contributed by atoms with Crippen molar-refractivity contribution in [3.63, 3.8) is 0 Å². The highest BCUT2D eigenvalue weighted by Gasteiger charge is 2.42. The van der Waals surface area contributed by atoms with Gasteiger partial charge >= 0.3 is 10.2 Å². The predicted molar refractivity (Wildman–Crippen MR) is 220 cm³/mol. The summed E-state index contributed by atoms with van der Waals surface area (Å²) in [5.74, 6) is 0.450. The van der Waals surface area contributed by atoms with Crippen molar-refractivity contribution in [2.45, 2.75) is 51.0 Å². The van der Waals surface area contributed by atoms with Gasteiger partial charge in [0.15, 0.2) is 0 Å². The third kappa shape index (κ3) is 9.03. The Morgan fingerprint density at radius 1 is 0.855 bits per heavy atom. The van der Waals surface area contributed by atoms with Crippen LogP contribution in [0.2, 0.25) is 0 Å². The molecule has 4 N–H and O–H groups in total. The van der Waals surface area contributed by atoms with E-state index in [0.717, 1.165) is 64.2 Å². The van der Waals surface area contributed by atoms with E-state index in [-0.39, 0.29) is 17.8 Å². The van der Waals surface area contributed by atoms with Crippen molar-refractivity contribution in [1.29, 1.82) is 0 Å². The largest absolute Gasteiger partial charge is 0.384 e. The maximum atomic E-state index is 14.6. The number of nitrogens with zero attached hydrogens (tertiary/aromatic N) is 4. The molecule has 1 saturated carbocycles. The van der Waals surface area contributed by atoms with Gasteiger partial charge in [0.2, 0.25) is 5.91 Å². The van der Waals surface area contributed by atoms with Crippen LogP contribution in [0, 0.1) is 11.8 Å². The van der Waals surface area contributed by atoms with Crippen molar-refractivity contribution in [1.82, 2.24) is 19.1 Å². The predicted octanol–water partition coefficient (Wildman–Crippen LogP) is 6.43. The molecule has 1 aliphatic heterocycles. The minimum Gasteiger partial charge on any atom is -0.384 e. The lowest BCUT2D eigenvalue weighted by Gasteiger charge is -2.32. The number of para-hydroxylation sites is 1. The average molecular weight is 762 g/mol. The van der Waals surface area contributed by atoms with Crippen LogP contribution in [0.5, 0.6) is 0 Å². The molecule has 55 heavy (non-hydrogen) atoms. The molecule has 0 radical (unpaired) electrons. The number of likely N-dealkylation sites (tertiary alicyclic amines) is 1. The lowest BCUT2D eigenvalue weighted by Crippen LogP contribution is -2.55. The van der Waals surface area contributed by atoms with Gasteiger partial charge in [0.25, 0.3) is 5.91 Å². The van der Waals surface area contributed by atoms with Crippen LogP contribution in [0.1, 0.15) is 60.1 Å². The van der Waals surface area contributed by atoms with Gasteiger partial charge < -0.3 is 20.5 Å². The molecule has 11 nitrogen and oxygen atoms in total. The molecular weight excluding hydrogens is 711 g/mol. The molecule has 2 amide bonds. The molecule has 2 aliphatic rings. The number of carbonyl (C=O) groups is 2. The number of nitrogens with one attached hydrogen (secondary N) is 2. The molecule has 1 unspecified atom stereocenters. The number of fused-ring (bicyclic) bond motifs is 2. The zero-order valence-electron chi connectivity index (χ0n) is 31.7. The number of anilines is 1. The van der Waals surface area contributed by atoms with E-state index in [1.807, 2.05) is 78.9 Å². The summed E-state index contributed by atoms with van der Waals surface area (Å²) in [6, 6.07) is 27.8. The molecule has 2 heterocycles. The maximum Gasteiger partial charge on any atom is 0.327 e. The van der Waals surface area contributed by atoms with Crippen LogP contribution in [-0.4, -0.2) is 91.5 Å². The van der Waals surface area contributed by atoms with Crippen molar-refractivity contribution in [2.75, 3.05) is 45.0 Å². The highest BCUT2D eigenvalue weighted by Crippen LogP contribution is 2.30. The summed E-state index contributed by atoms with van der Waals surface area (Å²) in [4.78, 5) is 40.8. The minimum absolute atomic E-state index is 0.0343. The van der Waals surface area contributed by atoms with Gasteiger partial charge in [-0.2, -0.15) is 8.42 Å². The number of rotatable bonds is 13. The summed E-state index contributed by atoms with van der Waals surface area (Å²) < 4.78 is 32.6. The number of carbonyl (C=O) groups excluding carboxylic acids is 2. The normalized spacial score (nSPS) is 18.5. The van der Waals surface area contributed by atoms with Crippen LogP contribution in [0.4, 0.5) is 5.69 Å². The smallest absolute Gasteiger partial charge is 0.327 e. The van der Waals surface area contributed by atoms with Crippen LogP contribution < -0.4 is 10.5 Å². The van der Waals surface area contributed by atoms with E-state index in [1.165, 1.54) is 12.8 Å². The molecule has 12 heteroatoms. The summed E-state index contributed by atoms with van der Waals surface area (Å²) >= 11 is 0. The quantitative estimate of drug-likeness (QED) is 0.0933. The third-order valence-electron chi connectivity index (χ3n) is 11.0. The zero-order valence-corrected chi connectivity index (χ0v) is 32.5. The highest BCUT2D eigenvalue weighted by molar-refractivity contribution is 7.91. The van der Waals surface area contributed by atoms with Crippen molar-refractivity contribution in [2.24, 2.45) is 22.6 Å². The number of aliphatic imine (C=N–C) groups is 1. The fourth-order valence-corrected chi connectivity index (χ4v) is 9.40. The maximum absolute atomic E-state index is 14.6. The SMILES string of the molecule is CN(C)CC1CCC(CN=C(N)c2ccc(CC(C(=O)N3CCCC3)N(C(=O)c3cc4ccccc4[nH]3)S(=O)(=O)Nc3ccc4ccccc4c3)cc2)CC1. The van der Waals surface area contributed by atoms with E-state index in [2.05, 4.69) is 28.7 Å². The molecular formula is C43H51N7O4S. The number of aromatic nitrogens is 1. The molecule has 1 saturated heterocycles. The van der Waals surface area contributed by atoms with Crippen molar-refractivity contribution in [3.05, 3.63) is 114 Å². The Balaban J connectivity index is 1.18. The van der Waals surface area contributed by atoms with Gasteiger partial charge in [-0.05, 0) is 105 Å². The molecule has 1 atom stereocenters. The van der Waals surface area contributed by atoms with Crippen molar-refractivity contribution >= 4 is 55.2 Å². The first-order valence-electron chi connectivity index (χ1n) is 19.3. The van der Waals surface area contributed by atoms with E-state index in [0.29, 0.717) is 42.5 Å². The van der Waals surface area contributed by atoms with Gasteiger partial charge in [0, 0.05) is 49.1 Å². The first kappa shape index (κ1) is 38.1. The van der Waals surface area contributed by atoms with Gasteiger partial charge in [-0.1, -0.05) is 72.8 Å². The average Bonchev–Trinajstić information content (AvgIpc) is 3.88. The Bertz CT molecular complexity index is 2240. The monoisotopic (exact) mass is 761 g/mol. The Kier molecular flexibility index (Phi) is 11.5. The lowest BCUT2D eigenvalue weighted by molar-refractivity contribution is -0.133. The zero-order chi connectivity index (χ0) is 38.5. The first-order valence-corrected chi connectivity index (χ1v) is 20.7. The minimum atomic E-state index is -4.65. The Morgan fingerprint density at radius 3 is 2.20 bits per heavy atom. The number of aromatic amines is 1. The van der Waals surface area contributed by atoms with Gasteiger partial charge in [0.05, 0.1) is 5.69 Å². The topological polar surface area (TPSA) is 144 Å². The molecule has 0 bridgehead atoms. The summed E-state index contributed by atoms with van der Waals surface area (Å²) in [5.41, 5.74) is 8.94. The Morgan fingerprint density at radius 2 is 1.51 bits per heavy atom. The molecule has 5 aromatic rings. The number of amides is 2. The van der Waals surface area contributed by atoms with E-state index in [1.54, 1.807) is 23.1 Å². The second-order valence-electron chi connectivity index (χ2n) is 15.4. The fourth-order valence-electron chi connectivity index (χ4n) is 8.06. The van der Waals surface area contributed by atoms with Gasteiger partial charge in [-0.25, -0.2) is 4.31 Å². The number of benzene rings is 4.